The maximum absolute atomic E-state index is 2.80. The molecule has 2 aliphatic rings. The van der Waals surface area contributed by atoms with Gasteiger partial charge in [0, 0.05) is 18.6 Å². The Morgan fingerprint density at radius 2 is 1.58 bits per heavy atom. The molecule has 0 amide bonds. The van der Waals surface area contributed by atoms with Crippen LogP contribution in [0, 0.1) is 5.92 Å². The number of fused-ring (bicyclic) bond motifs is 1. The number of benzene rings is 2. The topological polar surface area (TPSA) is 3.24 Å². The average Bonchev–Trinajstić information content (AvgIpc) is 2.65. The summed E-state index contributed by atoms with van der Waals surface area (Å²) in [5.41, 5.74) is 4.58. The highest BCUT2D eigenvalue weighted by molar-refractivity contribution is 5.33. The van der Waals surface area contributed by atoms with Crippen molar-refractivity contribution >= 4 is 0 Å². The molecular formula is C23H29N. The van der Waals surface area contributed by atoms with Crippen molar-refractivity contribution in [1.29, 1.82) is 0 Å². The highest BCUT2D eigenvalue weighted by Gasteiger charge is 2.36. The molecule has 1 nitrogen and oxygen atoms in total. The smallest absolute Gasteiger partial charge is 0.0329 e. The quantitative estimate of drug-likeness (QED) is 0.695. The van der Waals surface area contributed by atoms with Crippen LogP contribution < -0.4 is 0 Å². The minimum absolute atomic E-state index is 0.516. The lowest BCUT2D eigenvalue weighted by Crippen LogP contribution is -2.47. The molecule has 1 saturated carbocycles. The van der Waals surface area contributed by atoms with E-state index in [1.54, 1.807) is 11.1 Å². The van der Waals surface area contributed by atoms with E-state index < -0.39 is 0 Å². The van der Waals surface area contributed by atoms with Crippen LogP contribution in [0.3, 0.4) is 0 Å². The Bertz CT molecular complexity index is 657. The lowest BCUT2D eigenvalue weighted by atomic mass is 9.77. The van der Waals surface area contributed by atoms with Crippen molar-refractivity contribution in [3.8, 4) is 0 Å². The van der Waals surface area contributed by atoms with Crippen LogP contribution in [-0.2, 0) is 13.0 Å². The van der Waals surface area contributed by atoms with Gasteiger partial charge in [-0.1, -0.05) is 73.9 Å². The van der Waals surface area contributed by atoms with Gasteiger partial charge in [-0.25, -0.2) is 0 Å². The summed E-state index contributed by atoms with van der Waals surface area (Å²) in [7, 11) is 0. The first kappa shape index (κ1) is 15.9. The van der Waals surface area contributed by atoms with Crippen LogP contribution in [0.1, 0.15) is 61.8 Å². The van der Waals surface area contributed by atoms with Crippen molar-refractivity contribution in [3.63, 3.8) is 0 Å². The first-order valence-electron chi connectivity index (χ1n) is 9.70. The van der Waals surface area contributed by atoms with Crippen molar-refractivity contribution in [3.05, 3.63) is 71.3 Å². The first-order valence-corrected chi connectivity index (χ1v) is 9.70. The third kappa shape index (κ3) is 3.15. The Morgan fingerprint density at radius 3 is 2.38 bits per heavy atom. The monoisotopic (exact) mass is 319 g/mol. The van der Waals surface area contributed by atoms with Crippen LogP contribution in [0.5, 0.6) is 0 Å². The molecule has 24 heavy (non-hydrogen) atoms. The molecule has 4 rings (SSSR count). The summed E-state index contributed by atoms with van der Waals surface area (Å²) in [4.78, 5) is 2.80. The van der Waals surface area contributed by atoms with Crippen molar-refractivity contribution in [2.75, 3.05) is 0 Å². The van der Waals surface area contributed by atoms with Crippen LogP contribution in [0.25, 0.3) is 0 Å². The van der Waals surface area contributed by atoms with Crippen LogP contribution >= 0.6 is 0 Å². The maximum atomic E-state index is 2.80. The van der Waals surface area contributed by atoms with E-state index in [1.807, 2.05) is 0 Å². The molecule has 0 aromatic heterocycles. The average molecular weight is 319 g/mol. The molecule has 1 aliphatic heterocycles. The van der Waals surface area contributed by atoms with E-state index >= 15 is 0 Å². The minimum Gasteiger partial charge on any atom is -0.289 e. The van der Waals surface area contributed by atoms with E-state index in [-0.39, 0.29) is 0 Å². The predicted molar refractivity (Wildman–Crippen MR) is 101 cm³/mol. The molecule has 0 saturated heterocycles. The largest absolute Gasteiger partial charge is 0.289 e. The zero-order valence-corrected chi connectivity index (χ0v) is 14.8. The zero-order valence-electron chi connectivity index (χ0n) is 14.8. The van der Waals surface area contributed by atoms with E-state index in [2.05, 4.69) is 66.4 Å². The molecule has 2 unspecified atom stereocenters. The summed E-state index contributed by atoms with van der Waals surface area (Å²) in [6.45, 7) is 3.49. The molecule has 1 heterocycles. The van der Waals surface area contributed by atoms with Crippen molar-refractivity contribution in [2.24, 2.45) is 5.92 Å². The Kier molecular flexibility index (Phi) is 4.71. The number of hydrogen-bond acceptors (Lipinski definition) is 1. The van der Waals surface area contributed by atoms with Crippen LogP contribution in [0.2, 0.25) is 0 Å². The zero-order chi connectivity index (χ0) is 16.4. The van der Waals surface area contributed by atoms with Gasteiger partial charge in [0.2, 0.25) is 0 Å². The molecule has 1 heteroatoms. The molecule has 2 aromatic rings. The van der Waals surface area contributed by atoms with Gasteiger partial charge in [0.05, 0.1) is 0 Å². The second kappa shape index (κ2) is 7.11. The molecule has 2 atom stereocenters. The maximum Gasteiger partial charge on any atom is 0.0329 e. The lowest BCUT2D eigenvalue weighted by molar-refractivity contribution is 0.0609. The van der Waals surface area contributed by atoms with E-state index in [4.69, 9.17) is 0 Å². The minimum atomic E-state index is 0.516. The van der Waals surface area contributed by atoms with Gasteiger partial charge in [-0.15, -0.1) is 0 Å². The second-order valence-corrected chi connectivity index (χ2v) is 7.70. The lowest BCUT2D eigenvalue weighted by Gasteiger charge is -2.46. The number of nitrogens with zero attached hydrogens (tertiary/aromatic N) is 1. The number of rotatable bonds is 3. The Balaban J connectivity index is 1.65. The van der Waals surface area contributed by atoms with Gasteiger partial charge >= 0.3 is 0 Å². The summed E-state index contributed by atoms with van der Waals surface area (Å²) >= 11 is 0. The van der Waals surface area contributed by atoms with Crippen molar-refractivity contribution < 1.29 is 0 Å². The molecule has 0 radical (unpaired) electrons. The molecule has 0 N–H and O–H groups in total. The Hall–Kier alpha value is -1.60. The van der Waals surface area contributed by atoms with Gasteiger partial charge in [0.1, 0.15) is 0 Å². The summed E-state index contributed by atoms with van der Waals surface area (Å²) in [6, 6.07) is 21.4. The van der Waals surface area contributed by atoms with Gasteiger partial charge in [0.15, 0.2) is 0 Å². The number of hydrogen-bond donors (Lipinski definition) is 0. The van der Waals surface area contributed by atoms with Crippen molar-refractivity contribution in [1.82, 2.24) is 4.90 Å². The van der Waals surface area contributed by atoms with Crippen LogP contribution in [-0.4, -0.2) is 10.9 Å². The van der Waals surface area contributed by atoms with Gasteiger partial charge in [-0.2, -0.15) is 0 Å². The normalized spacial score (nSPS) is 25.4. The fourth-order valence-corrected chi connectivity index (χ4v) is 4.94. The first-order chi connectivity index (χ1) is 11.8. The second-order valence-electron chi connectivity index (χ2n) is 7.70. The molecule has 126 valence electrons. The summed E-state index contributed by atoms with van der Waals surface area (Å²) in [6.07, 6.45) is 8.37. The van der Waals surface area contributed by atoms with E-state index in [1.165, 1.54) is 44.1 Å². The third-order valence-corrected chi connectivity index (χ3v) is 6.26. The van der Waals surface area contributed by atoms with Crippen molar-refractivity contribution in [2.45, 2.75) is 64.1 Å². The third-order valence-electron chi connectivity index (χ3n) is 6.26. The van der Waals surface area contributed by atoms with Gasteiger partial charge in [-0.3, -0.25) is 4.90 Å². The molecule has 2 aromatic carbocycles. The Morgan fingerprint density at radius 1 is 0.875 bits per heavy atom. The van der Waals surface area contributed by atoms with Gasteiger partial charge in [-0.05, 0) is 48.8 Å². The fourth-order valence-electron chi connectivity index (χ4n) is 4.94. The molecule has 1 fully saturated rings. The highest BCUT2D eigenvalue weighted by Crippen LogP contribution is 2.40. The molecule has 0 spiro atoms. The summed E-state index contributed by atoms with van der Waals surface area (Å²) in [5.74, 6) is 0.873. The molecule has 1 aliphatic carbocycles. The molecular weight excluding hydrogens is 290 g/mol. The van der Waals surface area contributed by atoms with Gasteiger partial charge in [0.25, 0.3) is 0 Å². The summed E-state index contributed by atoms with van der Waals surface area (Å²) < 4.78 is 0. The summed E-state index contributed by atoms with van der Waals surface area (Å²) in [5, 5.41) is 0. The standard InChI is InChI=1S/C23H29N/c1-18-22-15-9-8-14-21(22)16-23(20-12-6-3-7-13-20)24(18)17-19-10-4-2-5-11-19/h2,4-5,8-11,14-15,18,20,23H,3,6-7,12-13,16-17H2,1H3. The Labute approximate surface area is 146 Å². The van der Waals surface area contributed by atoms with Gasteiger partial charge < -0.3 is 0 Å². The highest BCUT2D eigenvalue weighted by atomic mass is 15.2. The van der Waals surface area contributed by atoms with E-state index in [9.17, 15) is 0 Å². The van der Waals surface area contributed by atoms with E-state index in [0.717, 1.165) is 12.5 Å². The SMILES string of the molecule is CC1c2ccccc2CC(C2CCCCC2)N1Cc1ccccc1. The van der Waals surface area contributed by atoms with Crippen LogP contribution in [0.15, 0.2) is 54.6 Å². The predicted octanol–water partition coefficient (Wildman–Crippen LogP) is 5.75. The molecule has 0 bridgehead atoms. The van der Waals surface area contributed by atoms with E-state index in [0.29, 0.717) is 12.1 Å². The van der Waals surface area contributed by atoms with Crippen LogP contribution in [0.4, 0.5) is 0 Å². The fraction of sp³-hybridized carbons (Fsp3) is 0.478.